The Morgan fingerprint density at radius 1 is 1.30 bits per heavy atom. The topological polar surface area (TPSA) is 33.6 Å². The molecule has 0 radical (unpaired) electrons. The molecule has 1 atom stereocenters. The van der Waals surface area contributed by atoms with Crippen LogP contribution in [-0.4, -0.2) is 29.7 Å². The van der Waals surface area contributed by atoms with Crippen molar-refractivity contribution in [3.63, 3.8) is 0 Å². The number of amidine groups is 1. The van der Waals surface area contributed by atoms with E-state index in [1.54, 1.807) is 23.9 Å². The smallest absolute Gasteiger partial charge is 0.157 e. The van der Waals surface area contributed by atoms with E-state index in [2.05, 4.69) is 5.32 Å². The lowest BCUT2D eigenvalue weighted by molar-refractivity contribution is 0.0555. The highest BCUT2D eigenvalue weighted by atomic mass is 32.2. The molecule has 5 heteroatoms. The molecular weight excluding hydrogens is 275 g/mol. The zero-order chi connectivity index (χ0) is 14.0. The van der Waals surface area contributed by atoms with Gasteiger partial charge in [-0.3, -0.25) is 4.99 Å². The monoisotopic (exact) mass is 294 g/mol. The SMILES string of the molecule is CC(N=C1NC2(CCOCC2)CS1)c1ccc(F)cc1. The molecular formula is C15H19FN2OS. The highest BCUT2D eigenvalue weighted by Gasteiger charge is 2.38. The quantitative estimate of drug-likeness (QED) is 0.910. The molecule has 1 N–H and O–H groups in total. The first-order valence-electron chi connectivity index (χ1n) is 6.99. The van der Waals surface area contributed by atoms with Crippen molar-refractivity contribution in [3.05, 3.63) is 35.6 Å². The number of nitrogens with one attached hydrogen (secondary N) is 1. The van der Waals surface area contributed by atoms with Gasteiger partial charge < -0.3 is 10.1 Å². The molecule has 1 spiro atoms. The first kappa shape index (κ1) is 13.9. The van der Waals surface area contributed by atoms with Crippen LogP contribution < -0.4 is 5.32 Å². The van der Waals surface area contributed by atoms with E-state index in [0.717, 1.165) is 42.5 Å². The lowest BCUT2D eigenvalue weighted by Gasteiger charge is -2.32. The van der Waals surface area contributed by atoms with Crippen molar-refractivity contribution in [2.45, 2.75) is 31.3 Å². The molecule has 2 saturated heterocycles. The number of hydrogen-bond acceptors (Lipinski definition) is 3. The van der Waals surface area contributed by atoms with Gasteiger partial charge in [0.1, 0.15) is 5.82 Å². The highest BCUT2D eigenvalue weighted by molar-refractivity contribution is 8.14. The van der Waals surface area contributed by atoms with E-state index in [0.29, 0.717) is 0 Å². The summed E-state index contributed by atoms with van der Waals surface area (Å²) in [5.74, 6) is 0.855. The van der Waals surface area contributed by atoms with Crippen LogP contribution in [-0.2, 0) is 4.74 Å². The summed E-state index contributed by atoms with van der Waals surface area (Å²) >= 11 is 1.78. The van der Waals surface area contributed by atoms with Crippen molar-refractivity contribution < 1.29 is 9.13 Å². The van der Waals surface area contributed by atoms with Gasteiger partial charge in [0.25, 0.3) is 0 Å². The van der Waals surface area contributed by atoms with Gasteiger partial charge in [0, 0.05) is 19.0 Å². The summed E-state index contributed by atoms with van der Waals surface area (Å²) in [4.78, 5) is 4.73. The lowest BCUT2D eigenvalue weighted by Crippen LogP contribution is -2.48. The maximum Gasteiger partial charge on any atom is 0.157 e. The van der Waals surface area contributed by atoms with E-state index in [1.807, 2.05) is 6.92 Å². The fraction of sp³-hybridized carbons (Fsp3) is 0.533. The number of hydrogen-bond donors (Lipinski definition) is 1. The molecule has 0 saturated carbocycles. The van der Waals surface area contributed by atoms with Crippen LogP contribution >= 0.6 is 11.8 Å². The molecule has 108 valence electrons. The molecule has 0 bridgehead atoms. The molecule has 20 heavy (non-hydrogen) atoms. The molecule has 3 rings (SSSR count). The maximum atomic E-state index is 12.9. The van der Waals surface area contributed by atoms with Crippen molar-refractivity contribution >= 4 is 16.9 Å². The number of rotatable bonds is 2. The third-order valence-electron chi connectivity index (χ3n) is 3.97. The van der Waals surface area contributed by atoms with Gasteiger partial charge in [-0.2, -0.15) is 0 Å². The predicted molar refractivity (Wildman–Crippen MR) is 80.6 cm³/mol. The number of halogens is 1. The van der Waals surface area contributed by atoms with E-state index in [1.165, 1.54) is 12.1 Å². The first-order chi connectivity index (χ1) is 9.67. The predicted octanol–water partition coefficient (Wildman–Crippen LogP) is 3.13. The molecule has 3 nitrogen and oxygen atoms in total. The average molecular weight is 294 g/mol. The Balaban J connectivity index is 1.68. The molecule has 0 aromatic heterocycles. The second-order valence-electron chi connectivity index (χ2n) is 5.47. The highest BCUT2D eigenvalue weighted by Crippen LogP contribution is 2.33. The summed E-state index contributed by atoms with van der Waals surface area (Å²) in [7, 11) is 0. The van der Waals surface area contributed by atoms with Gasteiger partial charge in [-0.25, -0.2) is 4.39 Å². The molecule has 0 amide bonds. The van der Waals surface area contributed by atoms with E-state index in [4.69, 9.17) is 9.73 Å². The van der Waals surface area contributed by atoms with Gasteiger partial charge in [0.05, 0.1) is 11.6 Å². The van der Waals surface area contributed by atoms with E-state index in [9.17, 15) is 4.39 Å². The van der Waals surface area contributed by atoms with Crippen LogP contribution in [0.4, 0.5) is 4.39 Å². The van der Waals surface area contributed by atoms with Crippen LogP contribution in [0, 0.1) is 5.82 Å². The summed E-state index contributed by atoms with van der Waals surface area (Å²) in [6.45, 7) is 3.69. The summed E-state index contributed by atoms with van der Waals surface area (Å²) in [6.07, 6.45) is 2.09. The molecule has 0 aliphatic carbocycles. The van der Waals surface area contributed by atoms with Crippen LogP contribution in [0.3, 0.4) is 0 Å². The first-order valence-corrected chi connectivity index (χ1v) is 7.97. The zero-order valence-electron chi connectivity index (χ0n) is 11.6. The van der Waals surface area contributed by atoms with Crippen LogP contribution in [0.25, 0.3) is 0 Å². The summed E-state index contributed by atoms with van der Waals surface area (Å²) in [6, 6.07) is 6.62. The van der Waals surface area contributed by atoms with Crippen molar-refractivity contribution in [3.8, 4) is 0 Å². The minimum Gasteiger partial charge on any atom is -0.381 e. The molecule has 2 aliphatic heterocycles. The van der Waals surface area contributed by atoms with E-state index < -0.39 is 0 Å². The number of ether oxygens (including phenoxy) is 1. The Morgan fingerprint density at radius 2 is 2.00 bits per heavy atom. The lowest BCUT2D eigenvalue weighted by atomic mass is 9.93. The number of nitrogens with zero attached hydrogens (tertiary/aromatic N) is 1. The molecule has 1 aromatic carbocycles. The zero-order valence-corrected chi connectivity index (χ0v) is 12.4. The van der Waals surface area contributed by atoms with Crippen LogP contribution in [0.1, 0.15) is 31.4 Å². The number of thioether (sulfide) groups is 1. The molecule has 1 unspecified atom stereocenters. The van der Waals surface area contributed by atoms with E-state index >= 15 is 0 Å². The largest absolute Gasteiger partial charge is 0.381 e. The summed E-state index contributed by atoms with van der Waals surface area (Å²) < 4.78 is 18.4. The molecule has 2 aliphatic rings. The van der Waals surface area contributed by atoms with Crippen molar-refractivity contribution in [1.82, 2.24) is 5.32 Å². The number of benzene rings is 1. The van der Waals surface area contributed by atoms with Gasteiger partial charge in [0.2, 0.25) is 0 Å². The van der Waals surface area contributed by atoms with Crippen molar-refractivity contribution in [2.75, 3.05) is 19.0 Å². The fourth-order valence-electron chi connectivity index (χ4n) is 2.60. The normalized spacial score (nSPS) is 24.8. The molecule has 2 fully saturated rings. The number of aliphatic imine (C=N–C) groups is 1. The minimum absolute atomic E-state index is 0.0422. The van der Waals surface area contributed by atoms with Crippen molar-refractivity contribution in [2.24, 2.45) is 4.99 Å². The molecule has 2 heterocycles. The van der Waals surface area contributed by atoms with Gasteiger partial charge in [-0.1, -0.05) is 23.9 Å². The summed E-state index contributed by atoms with van der Waals surface area (Å²) in [5, 5.41) is 4.58. The average Bonchev–Trinajstić information content (AvgIpc) is 2.83. The van der Waals surface area contributed by atoms with Gasteiger partial charge in [-0.15, -0.1) is 0 Å². The fourth-order valence-corrected chi connectivity index (χ4v) is 3.89. The Kier molecular flexibility index (Phi) is 3.98. The third-order valence-corrected chi connectivity index (χ3v) is 5.15. The van der Waals surface area contributed by atoms with Crippen LogP contribution in [0.15, 0.2) is 29.3 Å². The maximum absolute atomic E-state index is 12.9. The van der Waals surface area contributed by atoms with Gasteiger partial charge in [0.15, 0.2) is 5.17 Å². The third kappa shape index (κ3) is 2.99. The summed E-state index contributed by atoms with van der Waals surface area (Å²) in [5.41, 5.74) is 1.21. The van der Waals surface area contributed by atoms with Crippen LogP contribution in [0.2, 0.25) is 0 Å². The minimum atomic E-state index is -0.205. The van der Waals surface area contributed by atoms with E-state index in [-0.39, 0.29) is 17.4 Å². The second-order valence-corrected chi connectivity index (χ2v) is 6.43. The Labute approximate surface area is 123 Å². The van der Waals surface area contributed by atoms with Crippen LogP contribution in [0.5, 0.6) is 0 Å². The Hall–Kier alpha value is -1.07. The Morgan fingerprint density at radius 3 is 2.70 bits per heavy atom. The van der Waals surface area contributed by atoms with Crippen molar-refractivity contribution in [1.29, 1.82) is 0 Å². The second kappa shape index (κ2) is 5.74. The Bertz CT molecular complexity index is 497. The van der Waals surface area contributed by atoms with Gasteiger partial charge in [-0.05, 0) is 37.5 Å². The molecule has 1 aromatic rings. The van der Waals surface area contributed by atoms with Gasteiger partial charge >= 0.3 is 0 Å². The standard InChI is InChI=1S/C15H19FN2OS/c1-11(12-2-4-13(16)5-3-12)17-14-18-15(10-20-14)6-8-19-9-7-15/h2-5,11H,6-10H2,1H3,(H,17,18).